The third kappa shape index (κ3) is 4.58. The molecule has 11 nitrogen and oxygen atoms in total. The summed E-state index contributed by atoms with van der Waals surface area (Å²) >= 11 is 12.1. The summed E-state index contributed by atoms with van der Waals surface area (Å²) in [6.45, 7) is 2.39. The summed E-state index contributed by atoms with van der Waals surface area (Å²) in [5.74, 6) is -1.58. The summed E-state index contributed by atoms with van der Waals surface area (Å²) in [6.07, 6.45) is 0.928. The zero-order valence-electron chi connectivity index (χ0n) is 16.5. The van der Waals surface area contributed by atoms with Crippen molar-refractivity contribution in [2.45, 2.75) is 25.5 Å². The molecule has 13 heteroatoms. The summed E-state index contributed by atoms with van der Waals surface area (Å²) < 4.78 is 5.51. The number of hydrogen-bond donors (Lipinski definition) is 3. The van der Waals surface area contributed by atoms with Crippen LogP contribution >= 0.6 is 23.2 Å². The number of carboxylic acids is 1. The molecule has 2 aromatic rings. The number of nitro groups is 1. The van der Waals surface area contributed by atoms with Crippen LogP contribution in [-0.4, -0.2) is 64.2 Å². The number of hydrogen-bond acceptors (Lipinski definition) is 7. The summed E-state index contributed by atoms with van der Waals surface area (Å²) in [5, 5.41) is 23.6. The Morgan fingerprint density at radius 2 is 2.13 bits per heavy atom. The number of nitrogens with one attached hydrogen (secondary N) is 2. The number of carbonyl (C=O) groups is 2. The van der Waals surface area contributed by atoms with Crippen molar-refractivity contribution in [2.24, 2.45) is 0 Å². The first kappa shape index (κ1) is 22.8. The monoisotopic (exact) mass is 471 g/mol. The van der Waals surface area contributed by atoms with Crippen molar-refractivity contribution in [1.82, 2.24) is 15.3 Å². The molecule has 3 heterocycles. The number of anilines is 1. The number of pyridine rings is 1. The van der Waals surface area contributed by atoms with Crippen molar-refractivity contribution in [2.75, 3.05) is 25.1 Å². The number of carboxylic acid groups (broad SMARTS) is 1. The lowest BCUT2D eigenvalue weighted by Gasteiger charge is -2.38. The number of aromatic nitrogens is 2. The second-order valence-corrected chi connectivity index (χ2v) is 7.72. The number of aryl methyl sites for hydroxylation is 1. The van der Waals surface area contributed by atoms with Gasteiger partial charge in [0, 0.05) is 32.0 Å². The summed E-state index contributed by atoms with van der Waals surface area (Å²) in [7, 11) is 1.49. The molecule has 3 rings (SSSR count). The molecule has 1 amide bonds. The normalized spacial score (nSPS) is 18.6. The molecule has 0 saturated carbocycles. The van der Waals surface area contributed by atoms with E-state index in [1.165, 1.54) is 7.11 Å². The van der Waals surface area contributed by atoms with Gasteiger partial charge in [-0.05, 0) is 13.3 Å². The van der Waals surface area contributed by atoms with E-state index in [1.807, 2.05) is 0 Å². The van der Waals surface area contributed by atoms with Crippen molar-refractivity contribution in [3.05, 3.63) is 49.4 Å². The molecule has 2 atom stereocenters. The first-order chi connectivity index (χ1) is 14.6. The topological polar surface area (TPSA) is 151 Å². The van der Waals surface area contributed by atoms with Crippen molar-refractivity contribution >= 4 is 46.6 Å². The number of piperidine rings is 1. The van der Waals surface area contributed by atoms with Gasteiger partial charge in [0.25, 0.3) is 5.91 Å². The van der Waals surface area contributed by atoms with Gasteiger partial charge in [-0.1, -0.05) is 23.2 Å². The fraction of sp³-hybridized carbons (Fsp3) is 0.389. The number of nitrogens with zero attached hydrogens (tertiary/aromatic N) is 3. The van der Waals surface area contributed by atoms with Gasteiger partial charge in [-0.2, -0.15) is 0 Å². The molecule has 1 aliphatic rings. The number of H-pyrrole nitrogens is 1. The SMILES string of the molecule is COC1CN(c2cc(C(=O)O)c([N+](=O)[O-])cn2)CCC1NC(=O)c1[nH]c(C)c(Cl)c1Cl. The smallest absolute Gasteiger partial charge is 0.342 e. The van der Waals surface area contributed by atoms with Crippen LogP contribution < -0.4 is 10.2 Å². The van der Waals surface area contributed by atoms with Crippen LogP contribution in [0.15, 0.2) is 12.3 Å². The Balaban J connectivity index is 1.76. The maximum Gasteiger partial charge on any atom is 0.342 e. The fourth-order valence-electron chi connectivity index (χ4n) is 3.42. The zero-order valence-corrected chi connectivity index (χ0v) is 18.0. The predicted octanol–water partition coefficient (Wildman–Crippen LogP) is 2.66. The van der Waals surface area contributed by atoms with Crippen LogP contribution in [0.2, 0.25) is 10.0 Å². The Kier molecular flexibility index (Phi) is 6.68. The Labute approximate surface area is 186 Å². The van der Waals surface area contributed by atoms with E-state index >= 15 is 0 Å². The molecule has 3 N–H and O–H groups in total. The number of ether oxygens (including phenoxy) is 1. The molecular formula is C18H19Cl2N5O6. The average molecular weight is 472 g/mol. The molecule has 1 saturated heterocycles. The van der Waals surface area contributed by atoms with Gasteiger partial charge < -0.3 is 25.0 Å². The number of aromatic amines is 1. The van der Waals surface area contributed by atoms with Gasteiger partial charge in [-0.15, -0.1) is 0 Å². The summed E-state index contributed by atoms with van der Waals surface area (Å²) in [4.78, 5) is 42.9. The van der Waals surface area contributed by atoms with Crippen molar-refractivity contribution in [1.29, 1.82) is 0 Å². The van der Waals surface area contributed by atoms with E-state index < -0.39 is 34.2 Å². The maximum absolute atomic E-state index is 12.6. The van der Waals surface area contributed by atoms with Crippen LogP contribution in [0.5, 0.6) is 0 Å². The second-order valence-electron chi connectivity index (χ2n) is 6.96. The Morgan fingerprint density at radius 3 is 2.68 bits per heavy atom. The molecule has 1 fully saturated rings. The van der Waals surface area contributed by atoms with Crippen LogP contribution in [-0.2, 0) is 4.74 Å². The van der Waals surface area contributed by atoms with Crippen LogP contribution in [0.25, 0.3) is 0 Å². The molecule has 2 aromatic heterocycles. The van der Waals surface area contributed by atoms with Gasteiger partial charge in [0.05, 0.1) is 27.1 Å². The van der Waals surface area contributed by atoms with E-state index in [9.17, 15) is 24.8 Å². The minimum Gasteiger partial charge on any atom is -0.477 e. The first-order valence-corrected chi connectivity index (χ1v) is 9.89. The van der Waals surface area contributed by atoms with Gasteiger partial charge in [0.1, 0.15) is 23.3 Å². The molecule has 1 aliphatic heterocycles. The second kappa shape index (κ2) is 9.08. The summed E-state index contributed by atoms with van der Waals surface area (Å²) in [6, 6.07) is 0.805. The van der Waals surface area contributed by atoms with Crippen molar-refractivity contribution < 1.29 is 24.4 Å². The fourth-order valence-corrected chi connectivity index (χ4v) is 3.84. The quantitative estimate of drug-likeness (QED) is 0.429. The molecule has 166 valence electrons. The third-order valence-corrected chi connectivity index (χ3v) is 6.03. The molecule has 0 aromatic carbocycles. The van der Waals surface area contributed by atoms with Crippen LogP contribution in [0.1, 0.15) is 33.0 Å². The molecule has 31 heavy (non-hydrogen) atoms. The van der Waals surface area contributed by atoms with E-state index in [0.717, 1.165) is 12.3 Å². The first-order valence-electron chi connectivity index (χ1n) is 9.13. The minimum atomic E-state index is -1.42. The largest absolute Gasteiger partial charge is 0.477 e. The number of rotatable bonds is 6. The Morgan fingerprint density at radius 1 is 1.42 bits per heavy atom. The zero-order chi connectivity index (χ0) is 22.9. The van der Waals surface area contributed by atoms with Crippen molar-refractivity contribution in [3.63, 3.8) is 0 Å². The Hall–Kier alpha value is -2.89. The Bertz CT molecular complexity index is 1040. The van der Waals surface area contributed by atoms with Crippen LogP contribution in [0, 0.1) is 17.0 Å². The number of aromatic carboxylic acids is 1. The highest BCUT2D eigenvalue weighted by Crippen LogP contribution is 2.30. The number of amides is 1. The molecule has 0 radical (unpaired) electrons. The van der Waals surface area contributed by atoms with Gasteiger partial charge in [0.15, 0.2) is 0 Å². The number of carbonyl (C=O) groups excluding carboxylic acids is 1. The molecule has 0 bridgehead atoms. The van der Waals surface area contributed by atoms with E-state index in [4.69, 9.17) is 27.9 Å². The molecule has 2 unspecified atom stereocenters. The summed E-state index contributed by atoms with van der Waals surface area (Å²) in [5.41, 5.74) is -0.301. The number of halogens is 2. The predicted molar refractivity (Wildman–Crippen MR) is 112 cm³/mol. The van der Waals surface area contributed by atoms with E-state index in [1.54, 1.807) is 11.8 Å². The van der Waals surface area contributed by atoms with E-state index in [2.05, 4.69) is 15.3 Å². The van der Waals surface area contributed by atoms with Crippen molar-refractivity contribution in [3.8, 4) is 0 Å². The molecule has 0 aliphatic carbocycles. The van der Waals surface area contributed by atoms with Gasteiger partial charge >= 0.3 is 11.7 Å². The molecule has 0 spiro atoms. The van der Waals surface area contributed by atoms with Crippen LogP contribution in [0.4, 0.5) is 11.5 Å². The average Bonchev–Trinajstić information content (AvgIpc) is 3.00. The minimum absolute atomic E-state index is 0.138. The van der Waals surface area contributed by atoms with Gasteiger partial charge in [-0.25, -0.2) is 9.78 Å². The maximum atomic E-state index is 12.6. The highest BCUT2D eigenvalue weighted by atomic mass is 35.5. The number of methoxy groups -OCH3 is 1. The third-order valence-electron chi connectivity index (χ3n) is 5.08. The van der Waals surface area contributed by atoms with Gasteiger partial charge in [-0.3, -0.25) is 14.9 Å². The highest BCUT2D eigenvalue weighted by molar-refractivity contribution is 6.44. The standard InChI is InChI=1S/C18H19Cl2N5O6/c1-8-14(19)15(20)16(22-8)17(26)23-10-3-4-24(7-12(10)31-2)13-5-9(18(27)28)11(6-21-13)25(29)30/h5-6,10,12,22H,3-4,7H2,1-2H3,(H,23,26)(H,27,28). The lowest BCUT2D eigenvalue weighted by Crippen LogP contribution is -2.55. The van der Waals surface area contributed by atoms with Crippen LogP contribution in [0.3, 0.4) is 0 Å². The van der Waals surface area contributed by atoms with E-state index in [-0.39, 0.29) is 34.1 Å². The lowest BCUT2D eigenvalue weighted by molar-refractivity contribution is -0.385. The molecular weight excluding hydrogens is 453 g/mol. The lowest BCUT2D eigenvalue weighted by atomic mass is 10.0. The highest BCUT2D eigenvalue weighted by Gasteiger charge is 2.33. The van der Waals surface area contributed by atoms with Gasteiger partial charge in [0.2, 0.25) is 0 Å². The van der Waals surface area contributed by atoms with E-state index in [0.29, 0.717) is 18.7 Å².